The first-order valence-corrected chi connectivity index (χ1v) is 6.23. The number of hydrogen-bond donors (Lipinski definition) is 2. The average molecular weight is 302 g/mol. The first-order valence-electron chi connectivity index (χ1n) is 6.23. The molecule has 1 amide bonds. The third-order valence-corrected chi connectivity index (χ3v) is 3.07. The van der Waals surface area contributed by atoms with E-state index in [2.05, 4.69) is 5.32 Å². The van der Waals surface area contributed by atoms with Crippen molar-refractivity contribution in [2.24, 2.45) is 0 Å². The number of nitrogens with one attached hydrogen (secondary N) is 1. The van der Waals surface area contributed by atoms with Crippen molar-refractivity contribution in [3.8, 4) is 17.2 Å². The number of rotatable bonds is 3. The Bertz CT molecular complexity index is 774. The Morgan fingerprint density at radius 1 is 1.18 bits per heavy atom. The smallest absolute Gasteiger partial charge is 0.271 e. The molecule has 2 aromatic rings. The highest BCUT2D eigenvalue weighted by atomic mass is 16.7. The molecular formula is C14H10N2O6. The van der Waals surface area contributed by atoms with Gasteiger partial charge in [0, 0.05) is 17.7 Å². The lowest BCUT2D eigenvalue weighted by molar-refractivity contribution is -0.384. The van der Waals surface area contributed by atoms with Crippen LogP contribution in [0.3, 0.4) is 0 Å². The molecule has 0 fully saturated rings. The van der Waals surface area contributed by atoms with Crippen LogP contribution in [0, 0.1) is 10.1 Å². The van der Waals surface area contributed by atoms with Crippen molar-refractivity contribution in [1.29, 1.82) is 0 Å². The van der Waals surface area contributed by atoms with E-state index in [0.29, 0.717) is 11.5 Å². The number of carbonyl (C=O) groups is 1. The number of aromatic hydroxyl groups is 1. The lowest BCUT2D eigenvalue weighted by atomic mass is 10.1. The van der Waals surface area contributed by atoms with Crippen LogP contribution in [-0.2, 0) is 0 Å². The number of non-ortho nitro benzene ring substituents is 1. The van der Waals surface area contributed by atoms with Crippen molar-refractivity contribution in [2.75, 3.05) is 12.1 Å². The maximum atomic E-state index is 12.2. The van der Waals surface area contributed by atoms with E-state index in [1.165, 1.54) is 12.1 Å². The van der Waals surface area contributed by atoms with Crippen molar-refractivity contribution >= 4 is 17.3 Å². The molecule has 1 aliphatic rings. The Kier molecular flexibility index (Phi) is 3.26. The van der Waals surface area contributed by atoms with Gasteiger partial charge in [0.25, 0.3) is 11.6 Å². The van der Waals surface area contributed by atoms with Crippen LogP contribution in [0.25, 0.3) is 0 Å². The minimum absolute atomic E-state index is 0.0446. The SMILES string of the molecule is O=C(Nc1cc([N+](=O)[O-])ccc1O)c1ccc2c(c1)OCO2. The second-order valence-electron chi connectivity index (χ2n) is 4.48. The van der Waals surface area contributed by atoms with Crippen LogP contribution in [-0.4, -0.2) is 22.7 Å². The number of nitro benzene ring substituents is 1. The third kappa shape index (κ3) is 2.49. The Morgan fingerprint density at radius 2 is 1.95 bits per heavy atom. The number of amides is 1. The zero-order valence-electron chi connectivity index (χ0n) is 11.1. The van der Waals surface area contributed by atoms with Gasteiger partial charge in [-0.25, -0.2) is 0 Å². The van der Waals surface area contributed by atoms with Crippen molar-refractivity contribution < 1.29 is 24.3 Å². The number of anilines is 1. The van der Waals surface area contributed by atoms with E-state index in [4.69, 9.17) is 9.47 Å². The van der Waals surface area contributed by atoms with E-state index in [9.17, 15) is 20.0 Å². The van der Waals surface area contributed by atoms with Gasteiger partial charge in [0.1, 0.15) is 5.75 Å². The summed E-state index contributed by atoms with van der Waals surface area (Å²) in [4.78, 5) is 22.3. The van der Waals surface area contributed by atoms with Gasteiger partial charge in [0.15, 0.2) is 11.5 Å². The van der Waals surface area contributed by atoms with Crippen LogP contribution in [0.15, 0.2) is 36.4 Å². The van der Waals surface area contributed by atoms with Gasteiger partial charge in [-0.3, -0.25) is 14.9 Å². The number of phenols is 1. The summed E-state index contributed by atoms with van der Waals surface area (Å²) in [5.74, 6) is 0.180. The summed E-state index contributed by atoms with van der Waals surface area (Å²) in [5, 5.41) is 22.8. The first-order chi connectivity index (χ1) is 10.5. The fourth-order valence-corrected chi connectivity index (χ4v) is 1.97. The van der Waals surface area contributed by atoms with Crippen molar-refractivity contribution in [2.45, 2.75) is 0 Å². The molecule has 1 heterocycles. The number of ether oxygens (including phenoxy) is 2. The van der Waals surface area contributed by atoms with E-state index >= 15 is 0 Å². The minimum atomic E-state index is -0.615. The van der Waals surface area contributed by atoms with E-state index < -0.39 is 10.8 Å². The molecule has 0 spiro atoms. The van der Waals surface area contributed by atoms with Crippen LogP contribution >= 0.6 is 0 Å². The van der Waals surface area contributed by atoms with Crippen LogP contribution in [0.1, 0.15) is 10.4 Å². The summed E-state index contributed by atoms with van der Waals surface area (Å²) in [5.41, 5.74) is -0.00851. The maximum Gasteiger partial charge on any atom is 0.271 e. The van der Waals surface area contributed by atoms with Gasteiger partial charge in [-0.05, 0) is 24.3 Å². The molecule has 0 unspecified atom stereocenters. The van der Waals surface area contributed by atoms with E-state index in [1.807, 2.05) is 0 Å². The zero-order chi connectivity index (χ0) is 15.7. The van der Waals surface area contributed by atoms with Crippen molar-refractivity contribution in [3.05, 3.63) is 52.1 Å². The number of phenolic OH excluding ortho intramolecular Hbond substituents is 1. The fraction of sp³-hybridized carbons (Fsp3) is 0.0714. The van der Waals surface area contributed by atoms with Crippen LogP contribution in [0.4, 0.5) is 11.4 Å². The Balaban J connectivity index is 1.85. The lowest BCUT2D eigenvalue weighted by Crippen LogP contribution is -2.12. The number of nitrogens with zero attached hydrogens (tertiary/aromatic N) is 1. The number of carbonyl (C=O) groups excluding carboxylic acids is 1. The van der Waals surface area contributed by atoms with Gasteiger partial charge in [0.05, 0.1) is 10.6 Å². The van der Waals surface area contributed by atoms with E-state index in [-0.39, 0.29) is 29.5 Å². The highest BCUT2D eigenvalue weighted by Gasteiger charge is 2.18. The molecule has 2 aromatic carbocycles. The van der Waals surface area contributed by atoms with Gasteiger partial charge in [-0.2, -0.15) is 0 Å². The molecule has 0 radical (unpaired) electrons. The second-order valence-corrected chi connectivity index (χ2v) is 4.48. The molecule has 0 saturated heterocycles. The maximum absolute atomic E-state index is 12.2. The number of benzene rings is 2. The normalized spacial score (nSPS) is 12.0. The molecule has 0 aromatic heterocycles. The second kappa shape index (κ2) is 5.24. The van der Waals surface area contributed by atoms with Crippen LogP contribution in [0.2, 0.25) is 0 Å². The van der Waals surface area contributed by atoms with Crippen molar-refractivity contribution in [1.82, 2.24) is 0 Å². The Morgan fingerprint density at radius 3 is 2.73 bits per heavy atom. The molecule has 22 heavy (non-hydrogen) atoms. The fourth-order valence-electron chi connectivity index (χ4n) is 1.97. The van der Waals surface area contributed by atoms with Crippen LogP contribution < -0.4 is 14.8 Å². The summed E-state index contributed by atoms with van der Waals surface area (Å²) >= 11 is 0. The monoisotopic (exact) mass is 302 g/mol. The minimum Gasteiger partial charge on any atom is -0.506 e. The molecule has 8 heteroatoms. The predicted octanol–water partition coefficient (Wildman–Crippen LogP) is 2.28. The molecule has 2 N–H and O–H groups in total. The molecule has 0 bridgehead atoms. The topological polar surface area (TPSA) is 111 Å². The Hall–Kier alpha value is -3.29. The molecule has 8 nitrogen and oxygen atoms in total. The van der Waals surface area contributed by atoms with Gasteiger partial charge >= 0.3 is 0 Å². The van der Waals surface area contributed by atoms with Gasteiger partial charge in [-0.1, -0.05) is 0 Å². The summed E-state index contributed by atoms with van der Waals surface area (Å²) in [6.45, 7) is 0.0894. The van der Waals surface area contributed by atoms with Crippen molar-refractivity contribution in [3.63, 3.8) is 0 Å². The number of hydrogen-bond acceptors (Lipinski definition) is 6. The summed E-state index contributed by atoms with van der Waals surface area (Å²) in [6.07, 6.45) is 0. The molecule has 112 valence electrons. The average Bonchev–Trinajstić information content (AvgIpc) is 2.96. The first kappa shape index (κ1) is 13.7. The number of fused-ring (bicyclic) bond motifs is 1. The number of nitro groups is 1. The summed E-state index contributed by atoms with van der Waals surface area (Å²) < 4.78 is 10.3. The summed E-state index contributed by atoms with van der Waals surface area (Å²) in [7, 11) is 0. The lowest BCUT2D eigenvalue weighted by Gasteiger charge is -2.07. The predicted molar refractivity (Wildman–Crippen MR) is 75.3 cm³/mol. The molecule has 1 aliphatic heterocycles. The van der Waals surface area contributed by atoms with Gasteiger partial charge in [0.2, 0.25) is 6.79 Å². The van der Waals surface area contributed by atoms with Gasteiger partial charge in [-0.15, -0.1) is 0 Å². The molecule has 0 aliphatic carbocycles. The standard InChI is InChI=1S/C14H10N2O6/c17-11-3-2-9(16(19)20)6-10(11)15-14(18)8-1-4-12-13(5-8)22-7-21-12/h1-6,17H,7H2,(H,15,18). The van der Waals surface area contributed by atoms with Crippen LogP contribution in [0.5, 0.6) is 17.2 Å². The molecule has 0 atom stereocenters. The Labute approximate surface area is 124 Å². The third-order valence-electron chi connectivity index (χ3n) is 3.07. The highest BCUT2D eigenvalue weighted by Crippen LogP contribution is 2.33. The highest BCUT2D eigenvalue weighted by molar-refractivity contribution is 6.05. The molecule has 0 saturated carbocycles. The summed E-state index contributed by atoms with van der Waals surface area (Å²) in [6, 6.07) is 7.98. The zero-order valence-corrected chi connectivity index (χ0v) is 11.1. The molecule has 3 rings (SSSR count). The van der Waals surface area contributed by atoms with Gasteiger partial charge < -0.3 is 19.9 Å². The van der Waals surface area contributed by atoms with E-state index in [1.54, 1.807) is 6.07 Å². The quantitative estimate of drug-likeness (QED) is 0.511. The van der Waals surface area contributed by atoms with E-state index in [0.717, 1.165) is 18.2 Å². The molecular weight excluding hydrogens is 292 g/mol. The largest absolute Gasteiger partial charge is 0.506 e.